The van der Waals surface area contributed by atoms with Gasteiger partial charge < -0.3 is 10.6 Å². The summed E-state index contributed by atoms with van der Waals surface area (Å²) in [5, 5.41) is 0.343. The first-order valence-electron chi connectivity index (χ1n) is 5.36. The number of aromatic nitrogens is 2. The van der Waals surface area contributed by atoms with E-state index in [-0.39, 0.29) is 0 Å². The van der Waals surface area contributed by atoms with Crippen LogP contribution in [-0.4, -0.2) is 29.0 Å². The Balaban J connectivity index is 2.09. The van der Waals surface area contributed by atoms with Gasteiger partial charge in [0.2, 0.25) is 11.0 Å². The molecule has 96 valence electrons. The van der Waals surface area contributed by atoms with Gasteiger partial charge in [0.1, 0.15) is 0 Å². The lowest BCUT2D eigenvalue weighted by atomic mass is 9.99. The zero-order valence-corrected chi connectivity index (χ0v) is 9.89. The molecule has 1 fully saturated rings. The number of piperidine rings is 1. The third kappa shape index (κ3) is 2.86. The van der Waals surface area contributed by atoms with Crippen LogP contribution < -0.4 is 10.6 Å². The Hall–Kier alpha value is -0.890. The number of halogens is 3. The number of nitrogens with two attached hydrogens (primary N) is 1. The summed E-state index contributed by atoms with van der Waals surface area (Å²) in [6.45, 7) is 1.95. The minimum absolute atomic E-state index is 0.335. The molecule has 1 unspecified atom stereocenters. The van der Waals surface area contributed by atoms with Crippen molar-refractivity contribution in [3.05, 3.63) is 5.82 Å². The third-order valence-electron chi connectivity index (χ3n) is 2.79. The number of hydrogen-bond acceptors (Lipinski definition) is 5. The molecule has 0 bridgehead atoms. The van der Waals surface area contributed by atoms with Gasteiger partial charge in [-0.25, -0.2) is 0 Å². The molecule has 0 saturated carbocycles. The van der Waals surface area contributed by atoms with Gasteiger partial charge in [-0.2, -0.15) is 22.5 Å². The molecule has 8 heteroatoms. The maximum absolute atomic E-state index is 12.4. The monoisotopic (exact) mass is 266 g/mol. The van der Waals surface area contributed by atoms with Crippen LogP contribution in [0, 0.1) is 5.92 Å². The summed E-state index contributed by atoms with van der Waals surface area (Å²) in [5.41, 5.74) is 5.58. The quantitative estimate of drug-likeness (QED) is 0.885. The summed E-state index contributed by atoms with van der Waals surface area (Å²) in [5.74, 6) is -0.714. The number of anilines is 1. The van der Waals surface area contributed by atoms with Crippen molar-refractivity contribution in [3.63, 3.8) is 0 Å². The summed E-state index contributed by atoms with van der Waals surface area (Å²) < 4.78 is 40.4. The second-order valence-electron chi connectivity index (χ2n) is 4.09. The SMILES string of the molecule is NCC1CCCN(c2nc(C(F)(F)F)ns2)C1. The molecule has 2 heterocycles. The Morgan fingerprint density at radius 1 is 1.47 bits per heavy atom. The van der Waals surface area contributed by atoms with Gasteiger partial charge in [0.05, 0.1) is 0 Å². The molecular formula is C9H13F3N4S. The fraction of sp³-hybridized carbons (Fsp3) is 0.778. The van der Waals surface area contributed by atoms with E-state index in [1.807, 2.05) is 4.90 Å². The Kier molecular flexibility index (Phi) is 3.53. The molecular weight excluding hydrogens is 253 g/mol. The van der Waals surface area contributed by atoms with Crippen LogP contribution in [0.15, 0.2) is 0 Å². The van der Waals surface area contributed by atoms with Gasteiger partial charge in [0.15, 0.2) is 0 Å². The van der Waals surface area contributed by atoms with Crippen molar-refractivity contribution < 1.29 is 13.2 Å². The van der Waals surface area contributed by atoms with Crippen molar-refractivity contribution in [2.45, 2.75) is 19.0 Å². The highest BCUT2D eigenvalue weighted by atomic mass is 32.1. The molecule has 0 aliphatic carbocycles. The van der Waals surface area contributed by atoms with E-state index in [0.717, 1.165) is 30.9 Å². The summed E-state index contributed by atoms with van der Waals surface area (Å²) in [4.78, 5) is 5.38. The number of rotatable bonds is 2. The van der Waals surface area contributed by atoms with E-state index in [1.165, 1.54) is 0 Å². The summed E-state index contributed by atoms with van der Waals surface area (Å²) in [7, 11) is 0. The van der Waals surface area contributed by atoms with Gasteiger partial charge in [-0.05, 0) is 25.3 Å². The van der Waals surface area contributed by atoms with Crippen molar-refractivity contribution in [2.24, 2.45) is 11.7 Å². The van der Waals surface area contributed by atoms with E-state index in [1.54, 1.807) is 0 Å². The Morgan fingerprint density at radius 2 is 2.24 bits per heavy atom. The number of hydrogen-bond donors (Lipinski definition) is 1. The van der Waals surface area contributed by atoms with E-state index in [4.69, 9.17) is 5.73 Å². The molecule has 1 aliphatic rings. The van der Waals surface area contributed by atoms with Crippen LogP contribution >= 0.6 is 11.5 Å². The summed E-state index contributed by atoms with van der Waals surface area (Å²) >= 11 is 0.799. The van der Waals surface area contributed by atoms with Crippen molar-refractivity contribution >= 4 is 16.7 Å². The standard InChI is InChI=1S/C9H13F3N4S/c10-9(11,12)7-14-8(17-15-7)16-3-1-2-6(4-13)5-16/h6H,1-5,13H2. The maximum Gasteiger partial charge on any atom is 0.452 e. The minimum Gasteiger partial charge on any atom is -0.347 e. The molecule has 0 spiro atoms. The molecule has 17 heavy (non-hydrogen) atoms. The highest BCUT2D eigenvalue weighted by Gasteiger charge is 2.37. The van der Waals surface area contributed by atoms with Gasteiger partial charge >= 0.3 is 6.18 Å². The molecule has 1 saturated heterocycles. The first-order chi connectivity index (χ1) is 8.00. The molecule has 1 aliphatic heterocycles. The first-order valence-corrected chi connectivity index (χ1v) is 6.14. The molecule has 4 nitrogen and oxygen atoms in total. The highest BCUT2D eigenvalue weighted by Crippen LogP contribution is 2.31. The van der Waals surface area contributed by atoms with Gasteiger partial charge in [-0.3, -0.25) is 0 Å². The van der Waals surface area contributed by atoms with E-state index in [9.17, 15) is 13.2 Å². The van der Waals surface area contributed by atoms with Crippen molar-refractivity contribution in [3.8, 4) is 0 Å². The zero-order chi connectivity index (χ0) is 12.5. The molecule has 0 amide bonds. The lowest BCUT2D eigenvalue weighted by Crippen LogP contribution is -2.38. The normalized spacial score (nSPS) is 21.9. The number of nitrogens with zero attached hydrogens (tertiary/aromatic N) is 3. The molecule has 2 N–H and O–H groups in total. The van der Waals surface area contributed by atoms with Crippen LogP contribution in [0.1, 0.15) is 18.7 Å². The zero-order valence-electron chi connectivity index (χ0n) is 9.07. The van der Waals surface area contributed by atoms with Crippen molar-refractivity contribution in [1.29, 1.82) is 0 Å². The fourth-order valence-corrected chi connectivity index (χ4v) is 2.61. The highest BCUT2D eigenvalue weighted by molar-refractivity contribution is 7.09. The van der Waals surface area contributed by atoms with Crippen LogP contribution in [0.4, 0.5) is 18.3 Å². The fourth-order valence-electron chi connectivity index (χ4n) is 1.89. The summed E-state index contributed by atoms with van der Waals surface area (Å²) in [6.07, 6.45) is -2.50. The van der Waals surface area contributed by atoms with Crippen molar-refractivity contribution in [1.82, 2.24) is 9.36 Å². The second kappa shape index (κ2) is 4.77. The van der Waals surface area contributed by atoms with Crippen LogP contribution in [0.25, 0.3) is 0 Å². The third-order valence-corrected chi connectivity index (χ3v) is 3.57. The van der Waals surface area contributed by atoms with E-state index < -0.39 is 12.0 Å². The molecule has 1 atom stereocenters. The smallest absolute Gasteiger partial charge is 0.347 e. The predicted molar refractivity (Wildman–Crippen MR) is 58.9 cm³/mol. The minimum atomic E-state index is -4.46. The molecule has 1 aromatic heterocycles. The Labute approximate surface area is 101 Å². The van der Waals surface area contributed by atoms with Crippen LogP contribution in [0.5, 0.6) is 0 Å². The van der Waals surface area contributed by atoms with Gasteiger partial charge in [0, 0.05) is 24.6 Å². The molecule has 2 rings (SSSR count). The number of alkyl halides is 3. The topological polar surface area (TPSA) is 55.0 Å². The van der Waals surface area contributed by atoms with Crippen molar-refractivity contribution in [2.75, 3.05) is 24.5 Å². The Morgan fingerprint density at radius 3 is 2.82 bits per heavy atom. The van der Waals surface area contributed by atoms with Crippen LogP contribution in [-0.2, 0) is 6.18 Å². The maximum atomic E-state index is 12.4. The lowest BCUT2D eigenvalue weighted by Gasteiger charge is -2.31. The van der Waals surface area contributed by atoms with Crippen LogP contribution in [0.2, 0.25) is 0 Å². The average Bonchev–Trinajstić information content (AvgIpc) is 2.78. The molecule has 0 aromatic carbocycles. The van der Waals surface area contributed by atoms with Crippen LogP contribution in [0.3, 0.4) is 0 Å². The van der Waals surface area contributed by atoms with E-state index in [0.29, 0.717) is 24.1 Å². The van der Waals surface area contributed by atoms with Gasteiger partial charge in [-0.1, -0.05) is 0 Å². The lowest BCUT2D eigenvalue weighted by molar-refractivity contribution is -0.144. The predicted octanol–water partition coefficient (Wildman–Crippen LogP) is 1.73. The van der Waals surface area contributed by atoms with E-state index >= 15 is 0 Å². The summed E-state index contributed by atoms with van der Waals surface area (Å²) in [6, 6.07) is 0. The van der Waals surface area contributed by atoms with Gasteiger partial charge in [-0.15, -0.1) is 0 Å². The molecule has 0 radical (unpaired) electrons. The molecule has 1 aromatic rings. The Bertz CT molecular complexity index is 379. The second-order valence-corrected chi connectivity index (χ2v) is 4.82. The largest absolute Gasteiger partial charge is 0.452 e. The first kappa shape index (κ1) is 12.6. The van der Waals surface area contributed by atoms with Gasteiger partial charge in [0.25, 0.3) is 0 Å². The average molecular weight is 266 g/mol. The van der Waals surface area contributed by atoms with E-state index in [2.05, 4.69) is 9.36 Å².